The quantitative estimate of drug-likeness (QED) is 0.712. The van der Waals surface area contributed by atoms with E-state index in [1.165, 1.54) is 0 Å². The van der Waals surface area contributed by atoms with Crippen LogP contribution in [0.2, 0.25) is 0 Å². The number of rotatable bonds is 5. The lowest BCUT2D eigenvalue weighted by Gasteiger charge is -1.98. The highest BCUT2D eigenvalue weighted by atomic mass is 16.5. The van der Waals surface area contributed by atoms with Crippen LogP contribution in [0.4, 0.5) is 0 Å². The van der Waals surface area contributed by atoms with Gasteiger partial charge in [0.2, 0.25) is 11.8 Å². The average Bonchev–Trinajstić information content (AvgIpc) is 2.61. The van der Waals surface area contributed by atoms with Crippen LogP contribution in [0.1, 0.15) is 24.6 Å². The zero-order valence-corrected chi connectivity index (χ0v) is 8.62. The van der Waals surface area contributed by atoms with Gasteiger partial charge in [0.15, 0.2) is 5.82 Å². The number of aromatic nitrogens is 2. The third kappa shape index (κ3) is 4.27. The third-order valence-electron chi connectivity index (χ3n) is 1.75. The summed E-state index contributed by atoms with van der Waals surface area (Å²) in [7, 11) is 0. The smallest absolute Gasteiger partial charge is 0.226 e. The van der Waals surface area contributed by atoms with E-state index in [1.807, 2.05) is 0 Å². The summed E-state index contributed by atoms with van der Waals surface area (Å²) in [6.45, 7) is 2.03. The van der Waals surface area contributed by atoms with E-state index in [2.05, 4.69) is 21.4 Å². The van der Waals surface area contributed by atoms with Crippen LogP contribution in [-0.4, -0.2) is 22.6 Å². The monoisotopic (exact) mass is 207 g/mol. The molecule has 1 aromatic rings. The predicted molar refractivity (Wildman–Crippen MR) is 53.8 cm³/mol. The molecule has 0 aliphatic rings. The second-order valence-electron chi connectivity index (χ2n) is 3.07. The fraction of sp³-hybridized carbons (Fsp3) is 0.500. The van der Waals surface area contributed by atoms with Crippen LogP contribution in [0.15, 0.2) is 4.52 Å². The molecule has 1 N–H and O–H groups in total. The minimum Gasteiger partial charge on any atom is -0.345 e. The van der Waals surface area contributed by atoms with Gasteiger partial charge in [0.25, 0.3) is 0 Å². The van der Waals surface area contributed by atoms with Gasteiger partial charge in [-0.1, -0.05) is 11.1 Å². The summed E-state index contributed by atoms with van der Waals surface area (Å²) < 4.78 is 4.90. The lowest BCUT2D eigenvalue weighted by atomic mass is 10.2. The molecule has 1 aromatic heterocycles. The van der Waals surface area contributed by atoms with Gasteiger partial charge >= 0.3 is 0 Å². The molecule has 0 saturated heterocycles. The Morgan fingerprint density at radius 2 is 2.47 bits per heavy atom. The fourth-order valence-electron chi connectivity index (χ4n) is 1.08. The Morgan fingerprint density at radius 3 is 3.07 bits per heavy atom. The Morgan fingerprint density at radius 1 is 1.67 bits per heavy atom. The summed E-state index contributed by atoms with van der Waals surface area (Å²) in [5, 5.41) is 6.23. The molecular weight excluding hydrogens is 194 g/mol. The summed E-state index contributed by atoms with van der Waals surface area (Å²) in [6, 6.07) is 0. The predicted octanol–water partition coefficient (Wildman–Crippen LogP) is 0.450. The second kappa shape index (κ2) is 5.81. The van der Waals surface area contributed by atoms with Gasteiger partial charge < -0.3 is 9.84 Å². The zero-order valence-electron chi connectivity index (χ0n) is 8.62. The van der Waals surface area contributed by atoms with Gasteiger partial charge in [-0.15, -0.1) is 6.42 Å². The second-order valence-corrected chi connectivity index (χ2v) is 3.07. The van der Waals surface area contributed by atoms with Crippen molar-refractivity contribution in [2.45, 2.75) is 26.2 Å². The van der Waals surface area contributed by atoms with E-state index in [1.54, 1.807) is 6.92 Å². The molecular formula is C10H13N3O2. The van der Waals surface area contributed by atoms with Crippen molar-refractivity contribution in [2.75, 3.05) is 6.54 Å². The molecule has 0 unspecified atom stereocenters. The van der Waals surface area contributed by atoms with Gasteiger partial charge in [-0.2, -0.15) is 4.98 Å². The topological polar surface area (TPSA) is 68.0 Å². The summed E-state index contributed by atoms with van der Waals surface area (Å²) in [5.41, 5.74) is 0. The SMILES string of the molecule is C#CCNC(=O)CCCc1nc(C)no1. The lowest BCUT2D eigenvalue weighted by Crippen LogP contribution is -2.23. The van der Waals surface area contributed by atoms with Gasteiger partial charge in [0.1, 0.15) is 0 Å². The molecule has 0 aliphatic carbocycles. The molecule has 5 nitrogen and oxygen atoms in total. The van der Waals surface area contributed by atoms with Gasteiger partial charge in [0, 0.05) is 12.8 Å². The molecule has 0 atom stereocenters. The number of aryl methyl sites for hydroxylation is 2. The first-order valence-electron chi connectivity index (χ1n) is 4.71. The van der Waals surface area contributed by atoms with E-state index in [0.717, 1.165) is 0 Å². The van der Waals surface area contributed by atoms with Crippen molar-refractivity contribution >= 4 is 5.91 Å². The van der Waals surface area contributed by atoms with E-state index >= 15 is 0 Å². The largest absolute Gasteiger partial charge is 0.345 e. The number of amides is 1. The first-order chi connectivity index (χ1) is 7.22. The number of hydrogen-bond acceptors (Lipinski definition) is 4. The highest BCUT2D eigenvalue weighted by molar-refractivity contribution is 5.76. The molecule has 0 aliphatic heterocycles. The maximum Gasteiger partial charge on any atom is 0.226 e. The van der Waals surface area contributed by atoms with Gasteiger partial charge in [-0.25, -0.2) is 0 Å². The molecule has 15 heavy (non-hydrogen) atoms. The summed E-state index contributed by atoms with van der Waals surface area (Å²) >= 11 is 0. The number of carbonyl (C=O) groups is 1. The van der Waals surface area contributed by atoms with Crippen molar-refractivity contribution in [1.29, 1.82) is 0 Å². The molecule has 0 spiro atoms. The first kappa shape index (κ1) is 11.2. The maximum atomic E-state index is 11.1. The van der Waals surface area contributed by atoms with E-state index in [-0.39, 0.29) is 12.5 Å². The standard InChI is InChI=1S/C10H13N3O2/c1-3-7-11-9(14)5-4-6-10-12-8(2)13-15-10/h1H,4-7H2,2H3,(H,11,14). The molecule has 0 radical (unpaired) electrons. The number of terminal acetylenes is 1. The van der Waals surface area contributed by atoms with Crippen LogP contribution in [0.25, 0.3) is 0 Å². The fourth-order valence-corrected chi connectivity index (χ4v) is 1.08. The molecule has 0 aromatic carbocycles. The Bertz CT molecular complexity index is 365. The summed E-state index contributed by atoms with van der Waals surface area (Å²) in [4.78, 5) is 15.2. The van der Waals surface area contributed by atoms with Crippen molar-refractivity contribution in [2.24, 2.45) is 0 Å². The van der Waals surface area contributed by atoms with E-state index in [4.69, 9.17) is 10.9 Å². The average molecular weight is 207 g/mol. The lowest BCUT2D eigenvalue weighted by molar-refractivity contribution is -0.120. The number of nitrogens with zero attached hydrogens (tertiary/aromatic N) is 2. The minimum atomic E-state index is -0.0517. The normalized spacial score (nSPS) is 9.60. The molecule has 1 heterocycles. The van der Waals surface area contributed by atoms with Crippen LogP contribution in [0.5, 0.6) is 0 Å². The van der Waals surface area contributed by atoms with Gasteiger partial charge in [-0.3, -0.25) is 4.79 Å². The molecule has 1 rings (SSSR count). The van der Waals surface area contributed by atoms with Crippen LogP contribution in [-0.2, 0) is 11.2 Å². The molecule has 0 saturated carbocycles. The van der Waals surface area contributed by atoms with Crippen molar-refractivity contribution in [3.8, 4) is 12.3 Å². The Labute approximate surface area is 88.2 Å². The van der Waals surface area contributed by atoms with Gasteiger partial charge in [-0.05, 0) is 13.3 Å². The minimum absolute atomic E-state index is 0.0517. The van der Waals surface area contributed by atoms with Gasteiger partial charge in [0.05, 0.1) is 6.54 Å². The zero-order chi connectivity index (χ0) is 11.1. The summed E-state index contributed by atoms with van der Waals surface area (Å²) in [5.74, 6) is 3.47. The van der Waals surface area contributed by atoms with Crippen molar-refractivity contribution in [3.05, 3.63) is 11.7 Å². The Kier molecular flexibility index (Phi) is 4.35. The molecule has 1 amide bonds. The van der Waals surface area contributed by atoms with Crippen molar-refractivity contribution < 1.29 is 9.32 Å². The summed E-state index contributed by atoms with van der Waals surface area (Å²) in [6.07, 6.45) is 6.72. The number of nitrogens with one attached hydrogen (secondary N) is 1. The first-order valence-corrected chi connectivity index (χ1v) is 4.71. The highest BCUT2D eigenvalue weighted by Gasteiger charge is 2.04. The van der Waals surface area contributed by atoms with Crippen molar-refractivity contribution in [1.82, 2.24) is 15.5 Å². The molecule has 80 valence electrons. The number of carbonyl (C=O) groups excluding carboxylic acids is 1. The molecule has 0 fully saturated rings. The van der Waals surface area contributed by atoms with E-state index in [9.17, 15) is 4.79 Å². The number of hydrogen-bond donors (Lipinski definition) is 1. The van der Waals surface area contributed by atoms with Crippen LogP contribution >= 0.6 is 0 Å². The highest BCUT2D eigenvalue weighted by Crippen LogP contribution is 2.02. The van der Waals surface area contributed by atoms with E-state index in [0.29, 0.717) is 31.0 Å². The van der Waals surface area contributed by atoms with Crippen molar-refractivity contribution in [3.63, 3.8) is 0 Å². The van der Waals surface area contributed by atoms with Crippen LogP contribution < -0.4 is 5.32 Å². The molecule has 0 bridgehead atoms. The van der Waals surface area contributed by atoms with E-state index < -0.39 is 0 Å². The molecule has 5 heteroatoms. The van der Waals surface area contributed by atoms with Crippen LogP contribution in [0.3, 0.4) is 0 Å². The maximum absolute atomic E-state index is 11.1. The van der Waals surface area contributed by atoms with Crippen LogP contribution in [0, 0.1) is 19.3 Å². The Hall–Kier alpha value is -1.83. The third-order valence-corrected chi connectivity index (χ3v) is 1.75. The Balaban J connectivity index is 2.16.